The number of para-hydroxylation sites is 1. The first-order chi connectivity index (χ1) is 7.58. The van der Waals surface area contributed by atoms with Crippen LogP contribution in [0, 0.1) is 0 Å². The number of nitrogens with one attached hydrogen (secondary N) is 2. The standard InChI is InChI=1S/C12H18N2O2/c1-9(8-10(2)15)13-12(16)14-11-6-4-3-5-7-11/h3-7,9-10,15H,8H2,1-2H3,(H2,13,14,16). The second-order valence-electron chi connectivity index (χ2n) is 3.95. The fraction of sp³-hybridized carbons (Fsp3) is 0.417. The van der Waals surface area contributed by atoms with Gasteiger partial charge in [-0.15, -0.1) is 0 Å². The summed E-state index contributed by atoms with van der Waals surface area (Å²) >= 11 is 0. The highest BCUT2D eigenvalue weighted by Gasteiger charge is 2.09. The molecule has 4 nitrogen and oxygen atoms in total. The number of anilines is 1. The predicted octanol–water partition coefficient (Wildman–Crippen LogP) is 1.97. The van der Waals surface area contributed by atoms with E-state index in [1.165, 1.54) is 0 Å². The maximum Gasteiger partial charge on any atom is 0.319 e. The highest BCUT2D eigenvalue weighted by molar-refractivity contribution is 5.89. The Balaban J connectivity index is 2.36. The zero-order valence-corrected chi connectivity index (χ0v) is 9.60. The van der Waals surface area contributed by atoms with Gasteiger partial charge in [0.2, 0.25) is 0 Å². The van der Waals surface area contributed by atoms with Gasteiger partial charge in [-0.2, -0.15) is 0 Å². The zero-order chi connectivity index (χ0) is 12.0. The number of rotatable bonds is 4. The molecule has 1 aromatic rings. The summed E-state index contributed by atoms with van der Waals surface area (Å²) in [6.07, 6.45) is 0.134. The van der Waals surface area contributed by atoms with Crippen LogP contribution in [0.5, 0.6) is 0 Å². The van der Waals surface area contributed by atoms with Gasteiger partial charge in [0.1, 0.15) is 0 Å². The van der Waals surface area contributed by atoms with Gasteiger partial charge < -0.3 is 15.7 Å². The van der Waals surface area contributed by atoms with Crippen molar-refractivity contribution in [3.63, 3.8) is 0 Å². The molecule has 0 aliphatic rings. The van der Waals surface area contributed by atoms with Crippen molar-refractivity contribution >= 4 is 11.7 Å². The van der Waals surface area contributed by atoms with E-state index in [0.29, 0.717) is 6.42 Å². The first-order valence-corrected chi connectivity index (χ1v) is 5.38. The molecule has 0 saturated carbocycles. The Morgan fingerprint density at radius 2 is 1.94 bits per heavy atom. The summed E-state index contributed by atoms with van der Waals surface area (Å²) in [6, 6.07) is 8.93. The molecule has 0 aliphatic heterocycles. The quantitative estimate of drug-likeness (QED) is 0.729. The number of hydrogen-bond donors (Lipinski definition) is 3. The average Bonchev–Trinajstić information content (AvgIpc) is 2.17. The number of carbonyl (C=O) groups is 1. The van der Waals surface area contributed by atoms with E-state index in [1.54, 1.807) is 6.92 Å². The monoisotopic (exact) mass is 222 g/mol. The molecule has 2 unspecified atom stereocenters. The lowest BCUT2D eigenvalue weighted by Gasteiger charge is -2.15. The van der Waals surface area contributed by atoms with Gasteiger partial charge in [-0.1, -0.05) is 18.2 Å². The van der Waals surface area contributed by atoms with Crippen molar-refractivity contribution in [3.05, 3.63) is 30.3 Å². The van der Waals surface area contributed by atoms with E-state index in [2.05, 4.69) is 10.6 Å². The molecule has 0 spiro atoms. The van der Waals surface area contributed by atoms with Crippen molar-refractivity contribution in [2.24, 2.45) is 0 Å². The Morgan fingerprint density at radius 3 is 2.50 bits per heavy atom. The van der Waals surface area contributed by atoms with Crippen molar-refractivity contribution in [1.29, 1.82) is 0 Å². The predicted molar refractivity (Wildman–Crippen MR) is 64.4 cm³/mol. The molecule has 1 rings (SSSR count). The Morgan fingerprint density at radius 1 is 1.31 bits per heavy atom. The van der Waals surface area contributed by atoms with Gasteiger partial charge in [0.05, 0.1) is 6.10 Å². The minimum absolute atomic E-state index is 0.0521. The number of aliphatic hydroxyl groups is 1. The number of benzene rings is 1. The summed E-state index contributed by atoms with van der Waals surface area (Å²) in [7, 11) is 0. The van der Waals surface area contributed by atoms with Crippen molar-refractivity contribution in [3.8, 4) is 0 Å². The minimum atomic E-state index is -0.410. The Hall–Kier alpha value is -1.55. The van der Waals surface area contributed by atoms with Gasteiger partial charge in [-0.3, -0.25) is 0 Å². The van der Waals surface area contributed by atoms with Crippen LogP contribution in [0.25, 0.3) is 0 Å². The third-order valence-corrected chi connectivity index (χ3v) is 2.10. The summed E-state index contributed by atoms with van der Waals surface area (Å²) in [5.41, 5.74) is 0.754. The molecule has 4 heteroatoms. The molecule has 0 fully saturated rings. The largest absolute Gasteiger partial charge is 0.393 e. The third kappa shape index (κ3) is 4.79. The smallest absolute Gasteiger partial charge is 0.319 e. The maximum atomic E-state index is 11.5. The molecular formula is C12H18N2O2. The summed E-state index contributed by atoms with van der Waals surface area (Å²) in [5.74, 6) is 0. The number of urea groups is 1. The molecule has 0 aliphatic carbocycles. The van der Waals surface area contributed by atoms with E-state index in [9.17, 15) is 4.79 Å². The minimum Gasteiger partial charge on any atom is -0.393 e. The Kier molecular flexibility index (Phi) is 4.79. The first kappa shape index (κ1) is 12.5. The van der Waals surface area contributed by atoms with Crippen molar-refractivity contribution in [1.82, 2.24) is 5.32 Å². The molecule has 16 heavy (non-hydrogen) atoms. The molecular weight excluding hydrogens is 204 g/mol. The normalized spacial score (nSPS) is 13.9. The zero-order valence-electron chi connectivity index (χ0n) is 9.60. The molecule has 0 heterocycles. The second-order valence-corrected chi connectivity index (χ2v) is 3.95. The van der Waals surface area contributed by atoms with Crippen molar-refractivity contribution in [2.75, 3.05) is 5.32 Å². The van der Waals surface area contributed by atoms with Crippen LogP contribution in [-0.2, 0) is 0 Å². The molecule has 1 aromatic carbocycles. The SMILES string of the molecule is CC(O)CC(C)NC(=O)Nc1ccccc1. The molecule has 88 valence electrons. The molecule has 0 aromatic heterocycles. The van der Waals surface area contributed by atoms with Crippen LogP contribution in [-0.4, -0.2) is 23.3 Å². The summed E-state index contributed by atoms with van der Waals surface area (Å²) < 4.78 is 0. The fourth-order valence-corrected chi connectivity index (χ4v) is 1.48. The Bertz CT molecular complexity index is 325. The molecule has 2 amide bonds. The van der Waals surface area contributed by atoms with Crippen molar-refractivity contribution < 1.29 is 9.90 Å². The topological polar surface area (TPSA) is 61.4 Å². The fourth-order valence-electron chi connectivity index (χ4n) is 1.48. The second kappa shape index (κ2) is 6.12. The van der Waals surface area contributed by atoms with Crippen LogP contribution in [0.4, 0.5) is 10.5 Å². The van der Waals surface area contributed by atoms with Gasteiger partial charge in [-0.25, -0.2) is 4.79 Å². The number of hydrogen-bond acceptors (Lipinski definition) is 2. The van der Waals surface area contributed by atoms with Gasteiger partial charge in [0.25, 0.3) is 0 Å². The first-order valence-electron chi connectivity index (χ1n) is 5.38. The molecule has 0 bridgehead atoms. The molecule has 0 radical (unpaired) electrons. The number of amides is 2. The highest BCUT2D eigenvalue weighted by atomic mass is 16.3. The van der Waals surface area contributed by atoms with Crippen LogP contribution in [0.15, 0.2) is 30.3 Å². The summed E-state index contributed by atoms with van der Waals surface area (Å²) in [4.78, 5) is 11.5. The molecule has 2 atom stereocenters. The third-order valence-electron chi connectivity index (χ3n) is 2.10. The summed E-state index contributed by atoms with van der Waals surface area (Å²) in [6.45, 7) is 3.56. The molecule has 0 saturated heterocycles. The maximum absolute atomic E-state index is 11.5. The number of aliphatic hydroxyl groups excluding tert-OH is 1. The summed E-state index contributed by atoms with van der Waals surface area (Å²) in [5, 5.41) is 14.6. The highest BCUT2D eigenvalue weighted by Crippen LogP contribution is 2.05. The lowest BCUT2D eigenvalue weighted by Crippen LogP contribution is -2.37. The van der Waals surface area contributed by atoms with Gasteiger partial charge in [0.15, 0.2) is 0 Å². The lowest BCUT2D eigenvalue weighted by atomic mass is 10.2. The Labute approximate surface area is 95.7 Å². The van der Waals surface area contributed by atoms with Crippen LogP contribution in [0.3, 0.4) is 0 Å². The van der Waals surface area contributed by atoms with Crippen LogP contribution < -0.4 is 10.6 Å². The van der Waals surface area contributed by atoms with E-state index in [-0.39, 0.29) is 12.1 Å². The lowest BCUT2D eigenvalue weighted by molar-refractivity contribution is 0.171. The van der Waals surface area contributed by atoms with Crippen molar-refractivity contribution in [2.45, 2.75) is 32.4 Å². The van der Waals surface area contributed by atoms with Crippen LogP contribution in [0.1, 0.15) is 20.3 Å². The van der Waals surface area contributed by atoms with Gasteiger partial charge >= 0.3 is 6.03 Å². The van der Waals surface area contributed by atoms with E-state index in [4.69, 9.17) is 5.11 Å². The van der Waals surface area contributed by atoms with Gasteiger partial charge in [0, 0.05) is 11.7 Å². The molecule has 3 N–H and O–H groups in total. The van der Waals surface area contributed by atoms with Crippen LogP contribution in [0.2, 0.25) is 0 Å². The van der Waals surface area contributed by atoms with E-state index in [1.807, 2.05) is 37.3 Å². The van der Waals surface area contributed by atoms with E-state index < -0.39 is 6.10 Å². The van der Waals surface area contributed by atoms with E-state index >= 15 is 0 Å². The van der Waals surface area contributed by atoms with E-state index in [0.717, 1.165) is 5.69 Å². The van der Waals surface area contributed by atoms with Gasteiger partial charge in [-0.05, 0) is 32.4 Å². The average molecular weight is 222 g/mol. The number of carbonyl (C=O) groups excluding carboxylic acids is 1. The van der Waals surface area contributed by atoms with Crippen LogP contribution >= 0.6 is 0 Å².